The number of hydrogen-bond donors (Lipinski definition) is 2. The Morgan fingerprint density at radius 2 is 1.56 bits per heavy atom. The molecule has 0 aliphatic carbocycles. The van der Waals surface area contributed by atoms with E-state index in [0.717, 1.165) is 10.5 Å². The highest BCUT2D eigenvalue weighted by Crippen LogP contribution is 2.31. The maximum absolute atomic E-state index is 13.0. The third-order valence-electron chi connectivity index (χ3n) is 5.59. The van der Waals surface area contributed by atoms with Gasteiger partial charge in [0.15, 0.2) is 6.61 Å². The third kappa shape index (κ3) is 4.96. The van der Waals surface area contributed by atoms with Crippen LogP contribution >= 0.6 is 11.6 Å². The summed E-state index contributed by atoms with van der Waals surface area (Å²) >= 11 is 5.93. The van der Waals surface area contributed by atoms with Gasteiger partial charge in [0.25, 0.3) is 23.6 Å². The number of hydrogen-bond acceptors (Lipinski definition) is 6. The quantitative estimate of drug-likeness (QED) is 0.301. The molecule has 0 fully saturated rings. The molecule has 4 amide bonds. The molecule has 2 N–H and O–H groups in total. The van der Waals surface area contributed by atoms with Gasteiger partial charge in [-0.25, -0.2) is 4.79 Å². The first-order chi connectivity index (χ1) is 17.3. The summed E-state index contributed by atoms with van der Waals surface area (Å²) in [6, 6.07) is 18.9. The summed E-state index contributed by atoms with van der Waals surface area (Å²) in [7, 11) is 0. The molecule has 36 heavy (non-hydrogen) atoms. The van der Waals surface area contributed by atoms with Gasteiger partial charge in [0.1, 0.15) is 0 Å². The topological polar surface area (TPSA) is 122 Å². The number of benzene rings is 3. The molecule has 0 radical (unpaired) electrons. The number of nitrogens with zero attached hydrogens (tertiary/aromatic N) is 1. The van der Waals surface area contributed by atoms with Crippen LogP contribution in [-0.4, -0.2) is 41.1 Å². The number of ether oxygens (including phenoxy) is 1. The molecule has 0 aromatic heterocycles. The summed E-state index contributed by atoms with van der Waals surface area (Å²) in [5.41, 5.74) is 5.50. The van der Waals surface area contributed by atoms with Crippen molar-refractivity contribution in [3.63, 3.8) is 0 Å². The van der Waals surface area contributed by atoms with E-state index >= 15 is 0 Å². The van der Waals surface area contributed by atoms with Crippen molar-refractivity contribution in [3.8, 4) is 0 Å². The van der Waals surface area contributed by atoms with Crippen LogP contribution in [0.2, 0.25) is 5.02 Å². The zero-order chi connectivity index (χ0) is 25.8. The standard InChI is InChI=1S/C26H20ClN3O6/c1-15(16-7-3-2-4-8-16)30-24(33)18-12-11-17(13-20(18)25(30)34)26(35)36-14-22(31)28-29-23(32)19-9-5-6-10-21(19)27/h2-13,15H,14H2,1H3,(H,28,31)(H,29,32)/t15-/m0/s1. The molecular formula is C26H20ClN3O6. The van der Waals surface area contributed by atoms with Gasteiger partial charge in [0.2, 0.25) is 0 Å². The maximum Gasteiger partial charge on any atom is 0.338 e. The van der Waals surface area contributed by atoms with Gasteiger partial charge in [0, 0.05) is 0 Å². The minimum atomic E-state index is -0.875. The zero-order valence-electron chi connectivity index (χ0n) is 19.0. The summed E-state index contributed by atoms with van der Waals surface area (Å²) < 4.78 is 4.98. The molecule has 9 nitrogen and oxygen atoms in total. The Labute approximate surface area is 211 Å². The van der Waals surface area contributed by atoms with Gasteiger partial charge < -0.3 is 4.74 Å². The van der Waals surface area contributed by atoms with E-state index in [4.69, 9.17) is 16.3 Å². The fourth-order valence-electron chi connectivity index (χ4n) is 3.71. The van der Waals surface area contributed by atoms with E-state index in [1.807, 2.05) is 30.3 Å². The Kier molecular flexibility index (Phi) is 7.12. The van der Waals surface area contributed by atoms with Gasteiger partial charge >= 0.3 is 5.97 Å². The Bertz CT molecular complexity index is 1380. The van der Waals surface area contributed by atoms with Crippen LogP contribution in [0.3, 0.4) is 0 Å². The minimum absolute atomic E-state index is 0.00276. The van der Waals surface area contributed by atoms with E-state index in [1.165, 1.54) is 30.3 Å². The number of rotatable bonds is 6. The first-order valence-corrected chi connectivity index (χ1v) is 11.2. The van der Waals surface area contributed by atoms with Gasteiger partial charge in [0.05, 0.1) is 33.3 Å². The number of amides is 4. The SMILES string of the molecule is C[C@@H](c1ccccc1)N1C(=O)c2ccc(C(=O)OCC(=O)NNC(=O)c3ccccc3Cl)cc2C1=O. The largest absolute Gasteiger partial charge is 0.452 e. The molecule has 1 heterocycles. The predicted octanol–water partition coefficient (Wildman–Crippen LogP) is 3.32. The van der Waals surface area contributed by atoms with Crippen molar-refractivity contribution in [3.05, 3.63) is 106 Å². The summed E-state index contributed by atoms with van der Waals surface area (Å²) in [6.07, 6.45) is 0. The average Bonchev–Trinajstić information content (AvgIpc) is 3.15. The Hall–Kier alpha value is -4.50. The molecule has 3 aromatic rings. The lowest BCUT2D eigenvalue weighted by molar-refractivity contribution is -0.125. The Morgan fingerprint density at radius 1 is 0.889 bits per heavy atom. The highest BCUT2D eigenvalue weighted by molar-refractivity contribution is 6.33. The van der Waals surface area contributed by atoms with Crippen LogP contribution in [0.1, 0.15) is 60.0 Å². The van der Waals surface area contributed by atoms with Gasteiger partial charge in [-0.15, -0.1) is 0 Å². The first kappa shape index (κ1) is 24.6. The van der Waals surface area contributed by atoms with Gasteiger partial charge in [-0.1, -0.05) is 54.1 Å². The minimum Gasteiger partial charge on any atom is -0.452 e. The number of esters is 1. The smallest absolute Gasteiger partial charge is 0.338 e. The molecule has 182 valence electrons. The molecule has 4 rings (SSSR count). The van der Waals surface area contributed by atoms with E-state index in [9.17, 15) is 24.0 Å². The number of fused-ring (bicyclic) bond motifs is 1. The molecule has 1 aliphatic heterocycles. The average molecular weight is 506 g/mol. The lowest BCUT2D eigenvalue weighted by Crippen LogP contribution is -2.43. The first-order valence-electron chi connectivity index (χ1n) is 10.9. The number of carbonyl (C=O) groups excluding carboxylic acids is 5. The summed E-state index contributed by atoms with van der Waals surface area (Å²) in [5, 5.41) is 0.206. The Balaban J connectivity index is 1.36. The van der Waals surface area contributed by atoms with Crippen molar-refractivity contribution in [1.29, 1.82) is 0 Å². The number of halogens is 1. The molecule has 1 aliphatic rings. The van der Waals surface area contributed by atoms with Gasteiger partial charge in [-0.05, 0) is 42.8 Å². The second kappa shape index (κ2) is 10.4. The van der Waals surface area contributed by atoms with Crippen molar-refractivity contribution in [2.75, 3.05) is 6.61 Å². The van der Waals surface area contributed by atoms with E-state index in [0.29, 0.717) is 0 Å². The van der Waals surface area contributed by atoms with Crippen LogP contribution in [0, 0.1) is 0 Å². The van der Waals surface area contributed by atoms with Crippen LogP contribution < -0.4 is 10.9 Å². The van der Waals surface area contributed by atoms with Crippen LogP contribution in [-0.2, 0) is 9.53 Å². The van der Waals surface area contributed by atoms with E-state index in [2.05, 4.69) is 10.9 Å². The van der Waals surface area contributed by atoms with Crippen molar-refractivity contribution >= 4 is 41.2 Å². The number of carbonyl (C=O) groups is 5. The second-order valence-corrected chi connectivity index (χ2v) is 8.29. The number of imide groups is 1. The maximum atomic E-state index is 13.0. The van der Waals surface area contributed by atoms with E-state index in [-0.39, 0.29) is 27.3 Å². The van der Waals surface area contributed by atoms with Crippen molar-refractivity contribution in [2.45, 2.75) is 13.0 Å². The molecule has 0 saturated carbocycles. The van der Waals surface area contributed by atoms with Crippen LogP contribution in [0.4, 0.5) is 0 Å². The second-order valence-electron chi connectivity index (χ2n) is 7.89. The summed E-state index contributed by atoms with van der Waals surface area (Å²) in [6.45, 7) is 1.05. The van der Waals surface area contributed by atoms with Gasteiger partial charge in [-0.3, -0.25) is 34.9 Å². The lowest BCUT2D eigenvalue weighted by Gasteiger charge is -2.22. The lowest BCUT2D eigenvalue weighted by atomic mass is 10.1. The zero-order valence-corrected chi connectivity index (χ0v) is 19.7. The van der Waals surface area contributed by atoms with Crippen molar-refractivity contribution in [1.82, 2.24) is 15.8 Å². The Morgan fingerprint density at radius 3 is 2.28 bits per heavy atom. The molecule has 3 aromatic carbocycles. The molecule has 0 saturated heterocycles. The van der Waals surface area contributed by atoms with E-state index < -0.39 is 42.2 Å². The van der Waals surface area contributed by atoms with E-state index in [1.54, 1.807) is 19.1 Å². The molecule has 0 bridgehead atoms. The summed E-state index contributed by atoms with van der Waals surface area (Å²) in [5.74, 6) is -3.29. The number of hydrazine groups is 1. The fraction of sp³-hybridized carbons (Fsp3) is 0.115. The highest BCUT2D eigenvalue weighted by atomic mass is 35.5. The third-order valence-corrected chi connectivity index (χ3v) is 5.92. The molecule has 10 heteroatoms. The molecule has 1 atom stereocenters. The monoisotopic (exact) mass is 505 g/mol. The molecular weight excluding hydrogens is 486 g/mol. The normalized spacial score (nSPS) is 13.1. The van der Waals surface area contributed by atoms with Crippen LogP contribution in [0.15, 0.2) is 72.8 Å². The fourth-order valence-corrected chi connectivity index (χ4v) is 3.93. The van der Waals surface area contributed by atoms with Crippen molar-refractivity contribution in [2.24, 2.45) is 0 Å². The number of nitrogens with one attached hydrogen (secondary N) is 2. The van der Waals surface area contributed by atoms with Crippen LogP contribution in [0.5, 0.6) is 0 Å². The van der Waals surface area contributed by atoms with Crippen molar-refractivity contribution < 1.29 is 28.7 Å². The predicted molar refractivity (Wildman–Crippen MR) is 129 cm³/mol. The molecule has 0 unspecified atom stereocenters. The molecule has 0 spiro atoms. The highest BCUT2D eigenvalue weighted by Gasteiger charge is 2.39. The summed E-state index contributed by atoms with van der Waals surface area (Å²) in [4.78, 5) is 63.5. The van der Waals surface area contributed by atoms with Gasteiger partial charge in [-0.2, -0.15) is 0 Å². The van der Waals surface area contributed by atoms with Crippen LogP contribution in [0.25, 0.3) is 0 Å².